The number of nitrogens with one attached hydrogen (secondary N) is 1. The molecule has 0 bridgehead atoms. The van der Waals surface area contributed by atoms with Crippen molar-refractivity contribution in [3.05, 3.63) is 78.2 Å². The van der Waals surface area contributed by atoms with E-state index >= 15 is 0 Å². The molecule has 24 heavy (non-hydrogen) atoms. The van der Waals surface area contributed by atoms with Gasteiger partial charge in [-0.3, -0.25) is 0 Å². The molecule has 2 N–H and O–H groups in total. The third kappa shape index (κ3) is 3.75. The molecule has 0 spiro atoms. The van der Waals surface area contributed by atoms with Crippen LogP contribution in [0.3, 0.4) is 0 Å². The van der Waals surface area contributed by atoms with Crippen molar-refractivity contribution in [2.75, 3.05) is 11.9 Å². The van der Waals surface area contributed by atoms with Crippen LogP contribution >= 0.6 is 0 Å². The summed E-state index contributed by atoms with van der Waals surface area (Å²) in [7, 11) is 0. The quantitative estimate of drug-likeness (QED) is 0.755. The average Bonchev–Trinajstić information content (AvgIpc) is 2.67. The zero-order chi connectivity index (χ0) is 16.8. The second-order valence-corrected chi connectivity index (χ2v) is 5.28. The number of nitriles is 1. The van der Waals surface area contributed by atoms with Crippen LogP contribution in [0.2, 0.25) is 0 Å². The Morgan fingerprint density at radius 1 is 0.958 bits per heavy atom. The Hall–Kier alpha value is -3.23. The van der Waals surface area contributed by atoms with E-state index in [0.717, 1.165) is 16.7 Å². The summed E-state index contributed by atoms with van der Waals surface area (Å²) in [5, 5.41) is 22.0. The van der Waals surface area contributed by atoms with Gasteiger partial charge in [0.25, 0.3) is 0 Å². The smallest absolute Gasteiger partial charge is 0.158 e. The number of hydrogen-bond acceptors (Lipinski definition) is 5. The van der Waals surface area contributed by atoms with E-state index in [-0.39, 0.29) is 5.69 Å². The second kappa shape index (κ2) is 7.36. The zero-order valence-corrected chi connectivity index (χ0v) is 12.9. The Kier molecular flexibility index (Phi) is 4.80. The molecule has 2 aromatic carbocycles. The molecule has 118 valence electrons. The summed E-state index contributed by atoms with van der Waals surface area (Å²) in [6.07, 6.45) is 2.21. The van der Waals surface area contributed by atoms with Gasteiger partial charge < -0.3 is 10.4 Å². The summed E-state index contributed by atoms with van der Waals surface area (Å²) >= 11 is 0. The highest BCUT2D eigenvalue weighted by Gasteiger charge is 2.08. The molecule has 5 heteroatoms. The van der Waals surface area contributed by atoms with Gasteiger partial charge >= 0.3 is 0 Å². The van der Waals surface area contributed by atoms with Crippen molar-refractivity contribution >= 4 is 5.82 Å². The molecule has 0 fully saturated rings. The van der Waals surface area contributed by atoms with Gasteiger partial charge in [0, 0.05) is 6.54 Å². The van der Waals surface area contributed by atoms with Gasteiger partial charge in [-0.1, -0.05) is 54.6 Å². The lowest BCUT2D eigenvalue weighted by Gasteiger charge is -2.13. The van der Waals surface area contributed by atoms with Crippen LogP contribution in [0.1, 0.15) is 17.4 Å². The number of anilines is 1. The predicted molar refractivity (Wildman–Crippen MR) is 92.1 cm³/mol. The minimum atomic E-state index is -0.660. The molecule has 3 aromatic rings. The Morgan fingerprint density at radius 2 is 1.67 bits per heavy atom. The fourth-order valence-electron chi connectivity index (χ4n) is 2.32. The van der Waals surface area contributed by atoms with Crippen molar-refractivity contribution in [1.29, 1.82) is 5.26 Å². The number of hydrogen-bond donors (Lipinski definition) is 2. The lowest BCUT2D eigenvalue weighted by atomic mass is 10.0. The summed E-state index contributed by atoms with van der Waals surface area (Å²) in [6.45, 7) is 0.311. The number of benzene rings is 2. The summed E-state index contributed by atoms with van der Waals surface area (Å²) < 4.78 is 0. The van der Waals surface area contributed by atoms with Crippen LogP contribution in [0.15, 0.2) is 67.0 Å². The minimum absolute atomic E-state index is 0.262. The van der Waals surface area contributed by atoms with Crippen LogP contribution in [-0.2, 0) is 0 Å². The van der Waals surface area contributed by atoms with Crippen LogP contribution < -0.4 is 5.32 Å². The maximum atomic E-state index is 10.3. The van der Waals surface area contributed by atoms with E-state index in [1.54, 1.807) is 0 Å². The molecule has 0 saturated heterocycles. The summed E-state index contributed by atoms with van der Waals surface area (Å²) in [5.74, 6) is 0.522. The lowest BCUT2D eigenvalue weighted by molar-refractivity contribution is 0.191. The van der Waals surface area contributed by atoms with Crippen molar-refractivity contribution < 1.29 is 5.11 Å². The normalized spacial score (nSPS) is 11.5. The van der Waals surface area contributed by atoms with E-state index < -0.39 is 6.10 Å². The third-order valence-corrected chi connectivity index (χ3v) is 3.65. The van der Waals surface area contributed by atoms with Gasteiger partial charge in [0.05, 0.1) is 18.5 Å². The molecular weight excluding hydrogens is 300 g/mol. The van der Waals surface area contributed by atoms with Crippen molar-refractivity contribution in [2.45, 2.75) is 6.10 Å². The summed E-state index contributed by atoms with van der Waals surface area (Å²) in [6, 6.07) is 19.8. The number of aliphatic hydroxyl groups excluding tert-OH is 1. The van der Waals surface area contributed by atoms with Crippen molar-refractivity contribution in [3.8, 4) is 17.2 Å². The highest BCUT2D eigenvalue weighted by molar-refractivity contribution is 5.63. The Labute approximate surface area is 140 Å². The predicted octanol–water partition coefficient (Wildman–Crippen LogP) is 3.16. The molecule has 5 nitrogen and oxygen atoms in total. The average molecular weight is 316 g/mol. The van der Waals surface area contributed by atoms with E-state index in [0.29, 0.717) is 12.4 Å². The molecule has 0 aliphatic rings. The summed E-state index contributed by atoms with van der Waals surface area (Å²) in [5.41, 5.74) is 3.34. The van der Waals surface area contributed by atoms with Crippen molar-refractivity contribution in [3.63, 3.8) is 0 Å². The van der Waals surface area contributed by atoms with Crippen LogP contribution in [0, 0.1) is 11.3 Å². The van der Waals surface area contributed by atoms with Crippen LogP contribution in [0.4, 0.5) is 5.82 Å². The highest BCUT2D eigenvalue weighted by atomic mass is 16.3. The van der Waals surface area contributed by atoms with Crippen molar-refractivity contribution in [2.24, 2.45) is 0 Å². The molecule has 0 radical (unpaired) electrons. The standard InChI is InChI=1S/C19H16N4O/c20-10-17-11-22-19(13-21-17)23-12-18(24)16-8-6-15(7-9-16)14-4-2-1-3-5-14/h1-9,11,13,18,24H,12H2,(H,22,23)/t18-/m0/s1. The molecule has 3 rings (SSSR count). The minimum Gasteiger partial charge on any atom is -0.387 e. The van der Waals surface area contributed by atoms with Gasteiger partial charge in [0.2, 0.25) is 0 Å². The Bertz CT molecular complexity index is 824. The molecule has 0 aliphatic heterocycles. The fourth-order valence-corrected chi connectivity index (χ4v) is 2.32. The van der Waals surface area contributed by atoms with Gasteiger partial charge in [-0.2, -0.15) is 5.26 Å². The number of aromatic nitrogens is 2. The lowest BCUT2D eigenvalue weighted by Crippen LogP contribution is -2.13. The SMILES string of the molecule is N#Cc1cnc(NC[C@H](O)c2ccc(-c3ccccc3)cc2)cn1. The first kappa shape index (κ1) is 15.7. The number of aliphatic hydroxyl groups is 1. The fraction of sp³-hybridized carbons (Fsp3) is 0.105. The van der Waals surface area contributed by atoms with Gasteiger partial charge in [0.15, 0.2) is 5.69 Å². The van der Waals surface area contributed by atoms with Crippen molar-refractivity contribution in [1.82, 2.24) is 9.97 Å². The molecule has 0 aliphatic carbocycles. The first-order valence-corrected chi connectivity index (χ1v) is 7.56. The maximum Gasteiger partial charge on any atom is 0.158 e. The van der Waals surface area contributed by atoms with Gasteiger partial charge in [-0.05, 0) is 16.7 Å². The first-order valence-electron chi connectivity index (χ1n) is 7.56. The van der Waals surface area contributed by atoms with E-state index in [2.05, 4.69) is 27.4 Å². The molecule has 1 heterocycles. The number of rotatable bonds is 5. The Balaban J connectivity index is 1.62. The molecule has 1 atom stereocenters. The maximum absolute atomic E-state index is 10.3. The van der Waals surface area contributed by atoms with E-state index in [9.17, 15) is 5.11 Å². The summed E-state index contributed by atoms with van der Waals surface area (Å²) in [4.78, 5) is 7.99. The van der Waals surface area contributed by atoms with Crippen LogP contribution in [0.5, 0.6) is 0 Å². The largest absolute Gasteiger partial charge is 0.387 e. The highest BCUT2D eigenvalue weighted by Crippen LogP contribution is 2.22. The van der Waals surface area contributed by atoms with Gasteiger partial charge in [-0.25, -0.2) is 9.97 Å². The topological polar surface area (TPSA) is 81.8 Å². The second-order valence-electron chi connectivity index (χ2n) is 5.28. The first-order chi connectivity index (χ1) is 11.8. The molecule has 1 aromatic heterocycles. The monoisotopic (exact) mass is 316 g/mol. The molecular formula is C19H16N4O. The van der Waals surface area contributed by atoms with E-state index in [1.807, 2.05) is 48.5 Å². The third-order valence-electron chi connectivity index (χ3n) is 3.65. The van der Waals surface area contributed by atoms with Gasteiger partial charge in [0.1, 0.15) is 11.9 Å². The molecule has 0 amide bonds. The van der Waals surface area contributed by atoms with Crippen LogP contribution in [-0.4, -0.2) is 21.6 Å². The van der Waals surface area contributed by atoms with E-state index in [1.165, 1.54) is 12.4 Å². The molecule has 0 unspecified atom stereocenters. The van der Waals surface area contributed by atoms with E-state index in [4.69, 9.17) is 5.26 Å². The number of nitrogens with zero attached hydrogens (tertiary/aromatic N) is 3. The Morgan fingerprint density at radius 3 is 2.29 bits per heavy atom. The zero-order valence-electron chi connectivity index (χ0n) is 12.9. The van der Waals surface area contributed by atoms with Crippen LogP contribution in [0.25, 0.3) is 11.1 Å². The molecule has 0 saturated carbocycles. The van der Waals surface area contributed by atoms with Gasteiger partial charge in [-0.15, -0.1) is 0 Å².